The number of hydrogen-bond donors (Lipinski definition) is 1. The van der Waals surface area contributed by atoms with E-state index in [9.17, 15) is 5.11 Å². The lowest BCUT2D eigenvalue weighted by atomic mass is 9.45. The molecular weight excluding hydrogens is 176 g/mol. The Labute approximate surface area is 86.6 Å². The third-order valence-corrected chi connectivity index (χ3v) is 4.75. The van der Waals surface area contributed by atoms with Crippen molar-refractivity contribution in [1.82, 2.24) is 0 Å². The van der Waals surface area contributed by atoms with Gasteiger partial charge in [-0.2, -0.15) is 0 Å². The fraction of sp³-hybridized carbons (Fsp3) is 1.00. The fourth-order valence-corrected chi connectivity index (χ4v) is 3.27. The van der Waals surface area contributed by atoms with Crippen molar-refractivity contribution >= 4 is 0 Å². The minimum Gasteiger partial charge on any atom is -0.392 e. The second-order valence-electron chi connectivity index (χ2n) is 5.71. The van der Waals surface area contributed by atoms with Gasteiger partial charge in [-0.25, -0.2) is 0 Å². The second kappa shape index (κ2) is 3.21. The summed E-state index contributed by atoms with van der Waals surface area (Å²) in [5.41, 5.74) is 0.356. The quantitative estimate of drug-likeness (QED) is 0.700. The van der Waals surface area contributed by atoms with Crippen molar-refractivity contribution in [3.63, 3.8) is 0 Å². The molecule has 0 bridgehead atoms. The molecule has 2 nitrogen and oxygen atoms in total. The molecule has 2 unspecified atom stereocenters. The summed E-state index contributed by atoms with van der Waals surface area (Å²) in [5.74, 6) is 0.575. The molecule has 0 radical (unpaired) electrons. The summed E-state index contributed by atoms with van der Waals surface area (Å²) < 4.78 is 5.37. The molecular formula is C12H22O2. The van der Waals surface area contributed by atoms with Crippen molar-refractivity contribution in [2.24, 2.45) is 16.7 Å². The van der Waals surface area contributed by atoms with Crippen LogP contribution in [0.3, 0.4) is 0 Å². The molecule has 0 amide bonds. The Balaban J connectivity index is 2.07. The Morgan fingerprint density at radius 2 is 1.86 bits per heavy atom. The average Bonchev–Trinajstić information content (AvgIpc) is 2.18. The molecule has 1 aliphatic carbocycles. The molecule has 1 spiro atoms. The molecule has 1 saturated heterocycles. The van der Waals surface area contributed by atoms with Gasteiger partial charge in [0.05, 0.1) is 6.10 Å². The van der Waals surface area contributed by atoms with Crippen LogP contribution in [0, 0.1) is 16.7 Å². The number of hydrogen-bond acceptors (Lipinski definition) is 2. The number of aliphatic hydroxyl groups excluding tert-OH is 1. The van der Waals surface area contributed by atoms with Gasteiger partial charge in [0.1, 0.15) is 0 Å². The first kappa shape index (κ1) is 10.4. The van der Waals surface area contributed by atoms with Crippen molar-refractivity contribution in [3.05, 3.63) is 0 Å². The molecule has 82 valence electrons. The van der Waals surface area contributed by atoms with Gasteiger partial charge in [-0.15, -0.1) is 0 Å². The maximum Gasteiger partial charge on any atom is 0.0654 e. The van der Waals surface area contributed by atoms with E-state index in [-0.39, 0.29) is 16.9 Å². The lowest BCUT2D eigenvalue weighted by Crippen LogP contribution is -2.63. The van der Waals surface area contributed by atoms with Crippen LogP contribution in [0.2, 0.25) is 0 Å². The maximum absolute atomic E-state index is 10.4. The molecule has 1 aliphatic heterocycles. The van der Waals surface area contributed by atoms with Crippen molar-refractivity contribution in [2.75, 3.05) is 13.2 Å². The van der Waals surface area contributed by atoms with Gasteiger partial charge in [-0.3, -0.25) is 0 Å². The average molecular weight is 198 g/mol. The molecule has 0 aromatic carbocycles. The monoisotopic (exact) mass is 198 g/mol. The van der Waals surface area contributed by atoms with Gasteiger partial charge in [-0.05, 0) is 30.6 Å². The number of ether oxygens (including phenoxy) is 1. The van der Waals surface area contributed by atoms with E-state index in [1.165, 1.54) is 6.42 Å². The van der Waals surface area contributed by atoms with E-state index in [0.717, 1.165) is 26.1 Å². The predicted octanol–water partition coefficient (Wildman–Crippen LogP) is 2.21. The zero-order valence-electron chi connectivity index (χ0n) is 9.55. The minimum atomic E-state index is -0.112. The van der Waals surface area contributed by atoms with Crippen LogP contribution in [0.15, 0.2) is 0 Å². The van der Waals surface area contributed by atoms with Crippen molar-refractivity contribution in [1.29, 1.82) is 0 Å². The Morgan fingerprint density at radius 3 is 2.29 bits per heavy atom. The van der Waals surface area contributed by atoms with Gasteiger partial charge in [0.15, 0.2) is 0 Å². The van der Waals surface area contributed by atoms with Gasteiger partial charge in [0, 0.05) is 18.6 Å². The van der Waals surface area contributed by atoms with E-state index in [4.69, 9.17) is 4.74 Å². The Kier molecular flexibility index (Phi) is 2.39. The van der Waals surface area contributed by atoms with Crippen LogP contribution < -0.4 is 0 Å². The Hall–Kier alpha value is -0.0800. The van der Waals surface area contributed by atoms with E-state index in [0.29, 0.717) is 5.92 Å². The van der Waals surface area contributed by atoms with Crippen LogP contribution >= 0.6 is 0 Å². The molecule has 2 fully saturated rings. The van der Waals surface area contributed by atoms with Gasteiger partial charge in [0.2, 0.25) is 0 Å². The zero-order chi connectivity index (χ0) is 10.4. The SMILES string of the molecule is CC(C)C1(C)CC2(CCOCC2)C1O. The Bertz CT molecular complexity index is 218. The summed E-state index contributed by atoms with van der Waals surface area (Å²) >= 11 is 0. The highest BCUT2D eigenvalue weighted by atomic mass is 16.5. The Morgan fingerprint density at radius 1 is 1.29 bits per heavy atom. The molecule has 1 saturated carbocycles. The van der Waals surface area contributed by atoms with Crippen molar-refractivity contribution in [2.45, 2.75) is 46.1 Å². The first-order chi connectivity index (χ1) is 6.51. The number of aliphatic hydroxyl groups is 1. The largest absolute Gasteiger partial charge is 0.392 e. The van der Waals surface area contributed by atoms with Gasteiger partial charge in [-0.1, -0.05) is 20.8 Å². The highest BCUT2D eigenvalue weighted by molar-refractivity contribution is 5.10. The standard InChI is InChI=1S/C12H22O2/c1-9(2)11(3)8-12(10(11)13)4-6-14-7-5-12/h9-10,13H,4-8H2,1-3H3. The van der Waals surface area contributed by atoms with Gasteiger partial charge < -0.3 is 9.84 Å². The lowest BCUT2D eigenvalue weighted by molar-refractivity contribution is -0.227. The van der Waals surface area contributed by atoms with Gasteiger partial charge in [0.25, 0.3) is 0 Å². The summed E-state index contributed by atoms with van der Waals surface area (Å²) in [5, 5.41) is 10.4. The molecule has 2 aliphatic rings. The molecule has 1 heterocycles. The fourth-order valence-electron chi connectivity index (χ4n) is 3.27. The van der Waals surface area contributed by atoms with E-state index in [1.807, 2.05) is 0 Å². The zero-order valence-corrected chi connectivity index (χ0v) is 9.55. The summed E-state index contributed by atoms with van der Waals surface area (Å²) in [7, 11) is 0. The molecule has 2 rings (SSSR count). The molecule has 1 N–H and O–H groups in total. The second-order valence-corrected chi connectivity index (χ2v) is 5.71. The maximum atomic E-state index is 10.4. The topological polar surface area (TPSA) is 29.5 Å². The molecule has 0 aromatic heterocycles. The van der Waals surface area contributed by atoms with E-state index >= 15 is 0 Å². The van der Waals surface area contributed by atoms with Crippen LogP contribution in [-0.2, 0) is 4.74 Å². The predicted molar refractivity (Wildman–Crippen MR) is 56.1 cm³/mol. The van der Waals surface area contributed by atoms with Crippen LogP contribution in [0.25, 0.3) is 0 Å². The van der Waals surface area contributed by atoms with Crippen molar-refractivity contribution in [3.8, 4) is 0 Å². The van der Waals surface area contributed by atoms with Crippen LogP contribution in [0.1, 0.15) is 40.0 Å². The number of rotatable bonds is 1. The normalized spacial score (nSPS) is 41.4. The van der Waals surface area contributed by atoms with Crippen molar-refractivity contribution < 1.29 is 9.84 Å². The van der Waals surface area contributed by atoms with Crippen LogP contribution in [-0.4, -0.2) is 24.4 Å². The highest BCUT2D eigenvalue weighted by Crippen LogP contribution is 2.62. The summed E-state index contributed by atoms with van der Waals surface area (Å²) in [6.07, 6.45) is 3.17. The highest BCUT2D eigenvalue weighted by Gasteiger charge is 2.61. The first-order valence-electron chi connectivity index (χ1n) is 5.77. The van der Waals surface area contributed by atoms with Gasteiger partial charge >= 0.3 is 0 Å². The third kappa shape index (κ3) is 1.24. The van der Waals surface area contributed by atoms with Crippen LogP contribution in [0.5, 0.6) is 0 Å². The molecule has 0 aromatic rings. The third-order valence-electron chi connectivity index (χ3n) is 4.75. The van der Waals surface area contributed by atoms with E-state index in [2.05, 4.69) is 20.8 Å². The summed E-state index contributed by atoms with van der Waals surface area (Å²) in [4.78, 5) is 0. The smallest absolute Gasteiger partial charge is 0.0654 e. The summed E-state index contributed by atoms with van der Waals surface area (Å²) in [6, 6.07) is 0. The van der Waals surface area contributed by atoms with E-state index < -0.39 is 0 Å². The molecule has 14 heavy (non-hydrogen) atoms. The molecule has 2 heteroatoms. The lowest BCUT2D eigenvalue weighted by Gasteiger charge is -2.62. The first-order valence-corrected chi connectivity index (χ1v) is 5.77. The van der Waals surface area contributed by atoms with Crippen LogP contribution in [0.4, 0.5) is 0 Å². The minimum absolute atomic E-state index is 0.112. The van der Waals surface area contributed by atoms with E-state index in [1.54, 1.807) is 0 Å². The summed E-state index contributed by atoms with van der Waals surface area (Å²) in [6.45, 7) is 8.34. The molecule has 2 atom stereocenters.